The number of rotatable bonds is 6. The van der Waals surface area contributed by atoms with Crippen LogP contribution in [0.15, 0.2) is 45.2 Å². The number of nitrogens with one attached hydrogen (secondary N) is 2. The molecule has 1 aromatic carbocycles. The molecule has 0 aliphatic rings. The number of guanidine groups is 1. The minimum atomic E-state index is 0.776. The number of benzene rings is 1. The minimum absolute atomic E-state index is 0.776. The molecule has 0 atom stereocenters. The molecule has 0 aliphatic carbocycles. The highest BCUT2D eigenvalue weighted by molar-refractivity contribution is 9.10. The molecule has 0 amide bonds. The molecule has 1 aromatic heterocycles. The molecule has 6 heteroatoms. The van der Waals surface area contributed by atoms with Crippen molar-refractivity contribution in [3.63, 3.8) is 0 Å². The molecule has 1 heterocycles. The quantitative estimate of drug-likeness (QED) is 0.595. The number of thiophene rings is 1. The van der Waals surface area contributed by atoms with E-state index in [1.165, 1.54) is 10.4 Å². The Morgan fingerprint density at radius 2 is 2.05 bits per heavy atom. The van der Waals surface area contributed by atoms with Gasteiger partial charge in [-0.3, -0.25) is 4.99 Å². The zero-order chi connectivity index (χ0) is 15.8. The van der Waals surface area contributed by atoms with Gasteiger partial charge in [-0.1, -0.05) is 12.1 Å². The standard InChI is InChI=1S/C16H20BrN3OS/c1-18-16(20-10-15-9-13(17)11-22-15)19-8-7-12-3-5-14(21-2)6-4-12/h3-6,9,11H,7-8,10H2,1-2H3,(H2,18,19,20). The van der Waals surface area contributed by atoms with Crippen LogP contribution in [0.25, 0.3) is 0 Å². The van der Waals surface area contributed by atoms with Gasteiger partial charge in [0.25, 0.3) is 0 Å². The first-order valence-electron chi connectivity index (χ1n) is 7.01. The van der Waals surface area contributed by atoms with Crippen LogP contribution in [0.2, 0.25) is 0 Å². The van der Waals surface area contributed by atoms with E-state index in [9.17, 15) is 0 Å². The Morgan fingerprint density at radius 3 is 2.64 bits per heavy atom. The first-order valence-corrected chi connectivity index (χ1v) is 8.69. The van der Waals surface area contributed by atoms with Crippen LogP contribution in [0, 0.1) is 0 Å². The van der Waals surface area contributed by atoms with Crippen LogP contribution >= 0.6 is 27.3 Å². The topological polar surface area (TPSA) is 45.7 Å². The van der Waals surface area contributed by atoms with Gasteiger partial charge in [-0.05, 0) is 46.1 Å². The van der Waals surface area contributed by atoms with Crippen molar-refractivity contribution in [2.75, 3.05) is 20.7 Å². The van der Waals surface area contributed by atoms with Gasteiger partial charge >= 0.3 is 0 Å². The van der Waals surface area contributed by atoms with Gasteiger partial charge in [0.15, 0.2) is 5.96 Å². The van der Waals surface area contributed by atoms with Crippen LogP contribution in [-0.2, 0) is 13.0 Å². The number of aliphatic imine (C=N–C) groups is 1. The molecule has 2 aromatic rings. The molecule has 0 saturated heterocycles. The molecule has 0 spiro atoms. The largest absolute Gasteiger partial charge is 0.497 e. The van der Waals surface area contributed by atoms with Crippen molar-refractivity contribution in [2.45, 2.75) is 13.0 Å². The van der Waals surface area contributed by atoms with Crippen LogP contribution in [0.1, 0.15) is 10.4 Å². The SMILES string of the molecule is CN=C(NCCc1ccc(OC)cc1)NCc1cc(Br)cs1. The van der Waals surface area contributed by atoms with Crippen LogP contribution in [-0.4, -0.2) is 26.7 Å². The molecule has 0 radical (unpaired) electrons. The molecule has 118 valence electrons. The van der Waals surface area contributed by atoms with Gasteiger partial charge in [0, 0.05) is 28.3 Å². The predicted octanol–water partition coefficient (Wildman–Crippen LogP) is 3.43. The third kappa shape index (κ3) is 5.35. The number of halogens is 1. The molecular formula is C16H20BrN3OS. The van der Waals surface area contributed by atoms with Crippen molar-refractivity contribution in [3.05, 3.63) is 50.6 Å². The lowest BCUT2D eigenvalue weighted by molar-refractivity contribution is 0.414. The fourth-order valence-electron chi connectivity index (χ4n) is 1.96. The summed E-state index contributed by atoms with van der Waals surface area (Å²) in [6.07, 6.45) is 0.940. The second-order valence-electron chi connectivity index (χ2n) is 4.68. The van der Waals surface area contributed by atoms with Crippen LogP contribution in [0.4, 0.5) is 0 Å². The summed E-state index contributed by atoms with van der Waals surface area (Å²) < 4.78 is 6.28. The Hall–Kier alpha value is -1.53. The molecule has 0 unspecified atom stereocenters. The predicted molar refractivity (Wildman–Crippen MR) is 96.9 cm³/mol. The van der Waals surface area contributed by atoms with Gasteiger partial charge in [0.1, 0.15) is 5.75 Å². The molecule has 22 heavy (non-hydrogen) atoms. The molecule has 4 nitrogen and oxygen atoms in total. The van der Waals surface area contributed by atoms with Crippen molar-refractivity contribution in [1.29, 1.82) is 0 Å². The number of ether oxygens (including phenoxy) is 1. The highest BCUT2D eigenvalue weighted by Gasteiger charge is 2.01. The Balaban J connectivity index is 1.73. The van der Waals surface area contributed by atoms with Gasteiger partial charge in [-0.2, -0.15) is 0 Å². The highest BCUT2D eigenvalue weighted by atomic mass is 79.9. The van der Waals surface area contributed by atoms with E-state index >= 15 is 0 Å². The van der Waals surface area contributed by atoms with Crippen molar-refractivity contribution in [1.82, 2.24) is 10.6 Å². The molecular weight excluding hydrogens is 362 g/mol. The fourth-order valence-corrected chi connectivity index (χ4v) is 3.35. The Bertz CT molecular complexity index is 610. The second kappa shape index (κ2) is 8.80. The van der Waals surface area contributed by atoms with Crippen molar-refractivity contribution in [2.24, 2.45) is 4.99 Å². The van der Waals surface area contributed by atoms with Gasteiger partial charge in [0.05, 0.1) is 13.7 Å². The minimum Gasteiger partial charge on any atom is -0.497 e. The maximum Gasteiger partial charge on any atom is 0.191 e. The van der Waals surface area contributed by atoms with E-state index in [-0.39, 0.29) is 0 Å². The number of hydrogen-bond acceptors (Lipinski definition) is 3. The van der Waals surface area contributed by atoms with E-state index < -0.39 is 0 Å². The van der Waals surface area contributed by atoms with E-state index in [1.54, 1.807) is 25.5 Å². The van der Waals surface area contributed by atoms with Crippen molar-refractivity contribution in [3.8, 4) is 5.75 Å². The molecule has 0 aliphatic heterocycles. The van der Waals surface area contributed by atoms with Crippen molar-refractivity contribution < 1.29 is 4.74 Å². The number of nitrogens with zero attached hydrogens (tertiary/aromatic N) is 1. The van der Waals surface area contributed by atoms with Crippen LogP contribution in [0.3, 0.4) is 0 Å². The number of hydrogen-bond donors (Lipinski definition) is 2. The third-order valence-electron chi connectivity index (χ3n) is 3.14. The summed E-state index contributed by atoms with van der Waals surface area (Å²) in [5.74, 6) is 1.70. The first-order chi connectivity index (χ1) is 10.7. The van der Waals surface area contributed by atoms with Crippen LogP contribution in [0.5, 0.6) is 5.75 Å². The van der Waals surface area contributed by atoms with Gasteiger partial charge in [0.2, 0.25) is 0 Å². The molecule has 0 saturated carbocycles. The molecule has 2 rings (SSSR count). The summed E-state index contributed by atoms with van der Waals surface area (Å²) in [7, 11) is 3.46. The first kappa shape index (κ1) is 16.8. The van der Waals surface area contributed by atoms with E-state index in [0.29, 0.717) is 0 Å². The highest BCUT2D eigenvalue weighted by Crippen LogP contribution is 2.19. The van der Waals surface area contributed by atoms with Crippen molar-refractivity contribution >= 4 is 33.2 Å². The summed E-state index contributed by atoms with van der Waals surface area (Å²) in [5.41, 5.74) is 1.27. The summed E-state index contributed by atoms with van der Waals surface area (Å²) >= 11 is 5.18. The lowest BCUT2D eigenvalue weighted by Gasteiger charge is -2.11. The maximum absolute atomic E-state index is 5.16. The zero-order valence-corrected chi connectivity index (χ0v) is 15.1. The summed E-state index contributed by atoms with van der Waals surface area (Å²) in [4.78, 5) is 5.50. The lowest BCUT2D eigenvalue weighted by atomic mass is 10.1. The zero-order valence-electron chi connectivity index (χ0n) is 12.7. The Kier molecular flexibility index (Phi) is 6.74. The normalized spacial score (nSPS) is 11.3. The average molecular weight is 382 g/mol. The summed E-state index contributed by atoms with van der Waals surface area (Å²) in [6, 6.07) is 10.2. The molecule has 0 bridgehead atoms. The van der Waals surface area contributed by atoms with E-state index in [0.717, 1.165) is 35.7 Å². The number of methoxy groups -OCH3 is 1. The monoisotopic (exact) mass is 381 g/mol. The lowest BCUT2D eigenvalue weighted by Crippen LogP contribution is -2.37. The van der Waals surface area contributed by atoms with Gasteiger partial charge < -0.3 is 15.4 Å². The fraction of sp³-hybridized carbons (Fsp3) is 0.312. The molecule has 2 N–H and O–H groups in total. The van der Waals surface area contributed by atoms with E-state index in [2.05, 4.69) is 55.1 Å². The van der Waals surface area contributed by atoms with E-state index in [4.69, 9.17) is 4.74 Å². The Labute approximate surface area is 143 Å². The van der Waals surface area contributed by atoms with Crippen LogP contribution < -0.4 is 15.4 Å². The molecule has 0 fully saturated rings. The second-order valence-corrected chi connectivity index (χ2v) is 6.59. The summed E-state index contributed by atoms with van der Waals surface area (Å²) in [5, 5.41) is 8.72. The van der Waals surface area contributed by atoms with Gasteiger partial charge in [-0.15, -0.1) is 11.3 Å². The maximum atomic E-state index is 5.16. The average Bonchev–Trinajstić information content (AvgIpc) is 2.96. The smallest absolute Gasteiger partial charge is 0.191 e. The van der Waals surface area contributed by atoms with E-state index in [1.807, 2.05) is 12.1 Å². The third-order valence-corrected chi connectivity index (χ3v) is 4.84. The van der Waals surface area contributed by atoms with Gasteiger partial charge in [-0.25, -0.2) is 0 Å². The summed E-state index contributed by atoms with van der Waals surface area (Å²) in [6.45, 7) is 1.61. The Morgan fingerprint density at radius 1 is 1.27 bits per heavy atom.